The number of rotatable bonds is 3. The molecule has 8 heteroatoms. The molecule has 150 valence electrons. The summed E-state index contributed by atoms with van der Waals surface area (Å²) in [7, 11) is 1.25. The molecule has 1 atom stereocenters. The van der Waals surface area contributed by atoms with Crippen molar-refractivity contribution in [1.82, 2.24) is 10.2 Å². The van der Waals surface area contributed by atoms with E-state index in [0.29, 0.717) is 18.6 Å². The molecule has 0 bridgehead atoms. The van der Waals surface area contributed by atoms with Gasteiger partial charge in [0.2, 0.25) is 0 Å². The van der Waals surface area contributed by atoms with Crippen LogP contribution in [0.25, 0.3) is 0 Å². The summed E-state index contributed by atoms with van der Waals surface area (Å²) in [6.07, 6.45) is 1.95. The minimum atomic E-state index is -0.637. The molecule has 0 spiro atoms. The number of amides is 1. The molecule has 0 aliphatic carbocycles. The molecule has 27 heavy (non-hydrogen) atoms. The molecule has 5 nitrogen and oxygen atoms in total. The Balaban J connectivity index is 0.00000261. The van der Waals surface area contributed by atoms with Gasteiger partial charge in [-0.15, -0.1) is 12.4 Å². The fourth-order valence-corrected chi connectivity index (χ4v) is 3.40. The lowest BCUT2D eigenvalue weighted by Gasteiger charge is -2.32. The lowest BCUT2D eigenvalue weighted by Crippen LogP contribution is -2.47. The third-order valence-electron chi connectivity index (χ3n) is 5.87. The van der Waals surface area contributed by atoms with E-state index in [0.717, 1.165) is 12.8 Å². The Morgan fingerprint density at radius 3 is 2.44 bits per heavy atom. The molecule has 2 fully saturated rings. The maximum Gasteiger partial charge on any atom is 0.494 e. The van der Waals surface area contributed by atoms with Crippen molar-refractivity contribution < 1.29 is 18.5 Å². The molecule has 2 saturated heterocycles. The van der Waals surface area contributed by atoms with Gasteiger partial charge in [0.1, 0.15) is 5.82 Å². The number of carbonyl (C=O) groups is 1. The first kappa shape index (κ1) is 22.1. The average Bonchev–Trinajstić information content (AvgIpc) is 2.82. The number of piperidine rings is 1. The van der Waals surface area contributed by atoms with E-state index in [1.165, 1.54) is 6.07 Å². The third-order valence-corrected chi connectivity index (χ3v) is 5.87. The van der Waals surface area contributed by atoms with Crippen molar-refractivity contribution in [3.8, 4) is 0 Å². The fourth-order valence-electron chi connectivity index (χ4n) is 3.40. The number of nitrogens with one attached hydrogen (secondary N) is 1. The summed E-state index contributed by atoms with van der Waals surface area (Å²) < 4.78 is 26.6. The maximum atomic E-state index is 14.7. The Bertz CT molecular complexity index is 686. The number of nitrogens with zero attached hydrogens (tertiary/aromatic N) is 1. The van der Waals surface area contributed by atoms with Crippen molar-refractivity contribution in [3.05, 3.63) is 29.6 Å². The van der Waals surface area contributed by atoms with Gasteiger partial charge in [0, 0.05) is 19.1 Å². The number of carbonyl (C=O) groups excluding carboxylic acids is 1. The van der Waals surface area contributed by atoms with Crippen LogP contribution in [0.1, 0.15) is 50.9 Å². The molecule has 0 unspecified atom stereocenters. The van der Waals surface area contributed by atoms with Crippen molar-refractivity contribution in [2.24, 2.45) is 0 Å². The van der Waals surface area contributed by atoms with E-state index in [-0.39, 0.29) is 29.9 Å². The van der Waals surface area contributed by atoms with E-state index in [1.54, 1.807) is 17.0 Å². The van der Waals surface area contributed by atoms with E-state index < -0.39 is 24.1 Å². The molecular formula is C19H29BClFN2O3. The normalized spacial score (nSPS) is 23.9. The van der Waals surface area contributed by atoms with E-state index in [1.807, 2.05) is 34.7 Å². The maximum absolute atomic E-state index is 14.7. The van der Waals surface area contributed by atoms with Crippen molar-refractivity contribution >= 4 is 30.9 Å². The van der Waals surface area contributed by atoms with E-state index in [4.69, 9.17) is 9.31 Å². The van der Waals surface area contributed by atoms with Crippen LogP contribution in [0.5, 0.6) is 0 Å². The molecule has 1 amide bonds. The Kier molecular flexibility index (Phi) is 6.62. The first-order valence-corrected chi connectivity index (χ1v) is 9.26. The summed E-state index contributed by atoms with van der Waals surface area (Å²) >= 11 is 0. The number of hydrogen-bond acceptors (Lipinski definition) is 4. The summed E-state index contributed by atoms with van der Waals surface area (Å²) in [6.45, 7) is 9.08. The van der Waals surface area contributed by atoms with Crippen LogP contribution in [0, 0.1) is 5.82 Å². The zero-order chi connectivity index (χ0) is 19.1. The summed E-state index contributed by atoms with van der Waals surface area (Å²) in [5.41, 5.74) is -0.288. The van der Waals surface area contributed by atoms with Crippen molar-refractivity contribution in [2.45, 2.75) is 57.8 Å². The quantitative estimate of drug-likeness (QED) is 0.794. The van der Waals surface area contributed by atoms with Gasteiger partial charge in [0.25, 0.3) is 5.91 Å². The minimum absolute atomic E-state index is 0. The Morgan fingerprint density at radius 2 is 1.89 bits per heavy atom. The zero-order valence-electron chi connectivity index (χ0n) is 16.7. The van der Waals surface area contributed by atoms with E-state index >= 15 is 0 Å². The van der Waals surface area contributed by atoms with Crippen LogP contribution < -0.4 is 10.8 Å². The highest BCUT2D eigenvalue weighted by Crippen LogP contribution is 2.36. The van der Waals surface area contributed by atoms with Crippen LogP contribution in [0.3, 0.4) is 0 Å². The van der Waals surface area contributed by atoms with Crippen molar-refractivity contribution in [3.63, 3.8) is 0 Å². The number of hydrogen-bond donors (Lipinski definition) is 1. The second kappa shape index (κ2) is 8.07. The topological polar surface area (TPSA) is 50.8 Å². The lowest BCUT2D eigenvalue weighted by molar-refractivity contribution is 0.00578. The van der Waals surface area contributed by atoms with Gasteiger partial charge in [0.05, 0.1) is 16.8 Å². The summed E-state index contributed by atoms with van der Waals surface area (Å²) in [5, 5.41) is 3.20. The fraction of sp³-hybridized carbons (Fsp3) is 0.632. The highest BCUT2D eigenvalue weighted by Gasteiger charge is 2.51. The molecule has 1 N–H and O–H groups in total. The van der Waals surface area contributed by atoms with Gasteiger partial charge in [-0.25, -0.2) is 4.39 Å². The van der Waals surface area contributed by atoms with Crippen molar-refractivity contribution in [1.29, 1.82) is 0 Å². The minimum Gasteiger partial charge on any atom is -0.399 e. The molecule has 2 aliphatic heterocycles. The van der Waals surface area contributed by atoms with Crippen LogP contribution >= 0.6 is 12.4 Å². The molecule has 2 heterocycles. The highest BCUT2D eigenvalue weighted by molar-refractivity contribution is 6.62. The zero-order valence-corrected chi connectivity index (χ0v) is 17.5. The predicted molar refractivity (Wildman–Crippen MR) is 107 cm³/mol. The van der Waals surface area contributed by atoms with Crippen molar-refractivity contribution in [2.75, 3.05) is 20.1 Å². The number of likely N-dealkylation sites (N-methyl/N-ethyl adjacent to an activating group) is 1. The molecule has 0 saturated carbocycles. The Hall–Kier alpha value is -1.15. The van der Waals surface area contributed by atoms with Crippen LogP contribution in [-0.2, 0) is 9.31 Å². The molecule has 1 aromatic carbocycles. The number of benzene rings is 1. The summed E-state index contributed by atoms with van der Waals surface area (Å²) in [5.74, 6) is -0.795. The van der Waals surface area contributed by atoms with Gasteiger partial charge in [-0.05, 0) is 65.2 Å². The molecular weight excluding hydrogens is 369 g/mol. The van der Waals surface area contributed by atoms with E-state index in [9.17, 15) is 9.18 Å². The third kappa shape index (κ3) is 4.31. The standard InChI is InChI=1S/C19H28BFN2O3.ClH/c1-18(2)19(3,4)26-20(25-18)13-8-9-15(16(21)11-13)17(24)23-10-6-7-14(12-23)22-5;/h8-9,11,14,22H,6-7,10,12H2,1-5H3;1H/t14-;/m1./s1. The monoisotopic (exact) mass is 398 g/mol. The molecule has 1 aromatic rings. The highest BCUT2D eigenvalue weighted by atomic mass is 35.5. The van der Waals surface area contributed by atoms with E-state index in [2.05, 4.69) is 5.32 Å². The van der Waals surface area contributed by atoms with Gasteiger partial charge < -0.3 is 19.5 Å². The predicted octanol–water partition coefficient (Wildman–Crippen LogP) is 2.37. The molecule has 3 rings (SSSR count). The van der Waals surface area contributed by atoms with Crippen LogP contribution in [-0.4, -0.2) is 55.3 Å². The second-order valence-electron chi connectivity index (χ2n) is 8.21. The largest absolute Gasteiger partial charge is 0.494 e. The molecule has 2 aliphatic rings. The number of halogens is 2. The molecule has 0 radical (unpaired) electrons. The Labute approximate surface area is 167 Å². The van der Waals surface area contributed by atoms with Crippen LogP contribution in [0.4, 0.5) is 4.39 Å². The lowest BCUT2D eigenvalue weighted by atomic mass is 9.78. The van der Waals surface area contributed by atoms with Gasteiger partial charge in [-0.3, -0.25) is 4.79 Å². The van der Waals surface area contributed by atoms with Gasteiger partial charge in [0.15, 0.2) is 0 Å². The van der Waals surface area contributed by atoms with Crippen LogP contribution in [0.2, 0.25) is 0 Å². The first-order chi connectivity index (χ1) is 12.1. The van der Waals surface area contributed by atoms with Gasteiger partial charge in [-0.2, -0.15) is 0 Å². The summed E-state index contributed by atoms with van der Waals surface area (Å²) in [4.78, 5) is 14.4. The smallest absolute Gasteiger partial charge is 0.399 e. The summed E-state index contributed by atoms with van der Waals surface area (Å²) in [6, 6.07) is 4.88. The second-order valence-corrected chi connectivity index (χ2v) is 8.21. The van der Waals surface area contributed by atoms with Crippen LogP contribution in [0.15, 0.2) is 18.2 Å². The number of likely N-dealkylation sites (tertiary alicyclic amines) is 1. The Morgan fingerprint density at radius 1 is 1.26 bits per heavy atom. The SMILES string of the molecule is CN[C@@H]1CCCN(C(=O)c2ccc(B3OC(C)(C)C(C)(C)O3)cc2F)C1.Cl. The molecule has 0 aromatic heterocycles. The van der Waals surface area contributed by atoms with Gasteiger partial charge in [-0.1, -0.05) is 6.07 Å². The average molecular weight is 399 g/mol. The van der Waals surface area contributed by atoms with Gasteiger partial charge >= 0.3 is 7.12 Å². The first-order valence-electron chi connectivity index (χ1n) is 9.26.